The maximum atomic E-state index is 14.5. The second-order valence-electron chi connectivity index (χ2n) is 14.8. The van der Waals surface area contributed by atoms with Crippen molar-refractivity contribution >= 4 is 41.4 Å². The standard InChI is InChI=1S/C39H49N7O8/c1-24-18-32-39(53)54-23-29(43-34(48)28(19-26-10-4-3-5-11-26)42-33(47)20-27-12-8-15-40-21-27)37(51)45-17-9-14-31(45)38(52)44-16-7-6-13-30(44)35(49)41-25(2)36(50)46(32)22-24/h3-5,8,10-12,15,21,24-25,28-32H,6-7,9,13-14,16-20,22-23H2,1-2H3,(H,41,49)(H,42,47)(H,43,48)/t24-,25+,28+,29+,30+,31+,32+/m1/s1. The van der Waals surface area contributed by atoms with Crippen molar-refractivity contribution in [1.29, 1.82) is 0 Å². The highest BCUT2D eigenvalue weighted by Crippen LogP contribution is 2.28. The zero-order chi connectivity index (χ0) is 38.4. The maximum Gasteiger partial charge on any atom is 0.328 e. The first-order valence-corrected chi connectivity index (χ1v) is 18.9. The fourth-order valence-electron chi connectivity index (χ4n) is 7.98. The van der Waals surface area contributed by atoms with Gasteiger partial charge in [0.2, 0.25) is 35.4 Å². The lowest BCUT2D eigenvalue weighted by Gasteiger charge is -2.39. The number of amides is 6. The fraction of sp³-hybridized carbons (Fsp3) is 0.538. The van der Waals surface area contributed by atoms with Gasteiger partial charge in [-0.2, -0.15) is 0 Å². The van der Waals surface area contributed by atoms with E-state index in [0.717, 1.165) is 5.56 Å². The topological polar surface area (TPSA) is 187 Å². The molecular weight excluding hydrogens is 694 g/mol. The van der Waals surface area contributed by atoms with E-state index in [1.54, 1.807) is 31.5 Å². The number of hydrogen-bond acceptors (Lipinski definition) is 9. The lowest BCUT2D eigenvalue weighted by Crippen LogP contribution is -2.62. The van der Waals surface area contributed by atoms with Crippen LogP contribution in [-0.2, 0) is 51.1 Å². The molecule has 0 saturated carbocycles. The summed E-state index contributed by atoms with van der Waals surface area (Å²) in [6.07, 6.45) is 6.20. The van der Waals surface area contributed by atoms with Gasteiger partial charge in [-0.15, -0.1) is 0 Å². The molecule has 5 heterocycles. The van der Waals surface area contributed by atoms with Gasteiger partial charge in [-0.3, -0.25) is 33.8 Å². The minimum absolute atomic E-state index is 0.0346. The number of piperidine rings is 1. The van der Waals surface area contributed by atoms with Gasteiger partial charge in [-0.1, -0.05) is 43.3 Å². The van der Waals surface area contributed by atoms with Crippen molar-refractivity contribution in [3.63, 3.8) is 0 Å². The summed E-state index contributed by atoms with van der Waals surface area (Å²) in [5, 5.41) is 8.34. The SMILES string of the molecule is C[C@@H]1C[C@H]2C(=O)OC[C@H](NC(=O)[C@H](Cc3ccccc3)NC(=O)Cc3cccnc3)C(=O)N3CCC[C@H]3C(=O)N3CCCC[C@H]3C(=O)N[C@@H](C)C(=O)N2C1. The van der Waals surface area contributed by atoms with Crippen LogP contribution in [0, 0.1) is 5.92 Å². The minimum atomic E-state index is -1.42. The number of rotatable bonds is 7. The van der Waals surface area contributed by atoms with Crippen molar-refractivity contribution in [2.75, 3.05) is 26.2 Å². The first kappa shape index (κ1) is 38.4. The second-order valence-corrected chi connectivity index (χ2v) is 14.8. The summed E-state index contributed by atoms with van der Waals surface area (Å²) in [4.78, 5) is 105. The molecule has 54 heavy (non-hydrogen) atoms. The second kappa shape index (κ2) is 17.2. The zero-order valence-electron chi connectivity index (χ0n) is 30.8. The van der Waals surface area contributed by atoms with E-state index >= 15 is 0 Å². The van der Waals surface area contributed by atoms with E-state index in [9.17, 15) is 33.6 Å². The van der Waals surface area contributed by atoms with E-state index in [2.05, 4.69) is 20.9 Å². The van der Waals surface area contributed by atoms with Crippen LogP contribution in [0.1, 0.15) is 63.5 Å². The number of esters is 1. The van der Waals surface area contributed by atoms with E-state index in [4.69, 9.17) is 4.74 Å². The largest absolute Gasteiger partial charge is 0.461 e. The molecule has 4 saturated heterocycles. The molecule has 15 heteroatoms. The predicted octanol–water partition coefficient (Wildman–Crippen LogP) is 0.507. The van der Waals surface area contributed by atoms with Crippen molar-refractivity contribution in [3.8, 4) is 0 Å². The van der Waals surface area contributed by atoms with Gasteiger partial charge in [0, 0.05) is 38.4 Å². The molecule has 4 aliphatic rings. The summed E-state index contributed by atoms with van der Waals surface area (Å²) < 4.78 is 5.74. The quantitative estimate of drug-likeness (QED) is 0.340. The molecule has 0 radical (unpaired) electrons. The molecule has 6 amide bonds. The fourth-order valence-corrected chi connectivity index (χ4v) is 7.98. The van der Waals surface area contributed by atoms with Crippen molar-refractivity contribution in [2.24, 2.45) is 5.92 Å². The molecule has 6 rings (SSSR count). The van der Waals surface area contributed by atoms with Gasteiger partial charge >= 0.3 is 5.97 Å². The summed E-state index contributed by atoms with van der Waals surface area (Å²) in [5.41, 5.74) is 1.41. The van der Waals surface area contributed by atoms with E-state index in [0.29, 0.717) is 50.6 Å². The van der Waals surface area contributed by atoms with E-state index < -0.39 is 78.4 Å². The Labute approximate surface area is 314 Å². The number of pyridine rings is 1. The Kier molecular flexibility index (Phi) is 12.2. The van der Waals surface area contributed by atoms with Crippen LogP contribution in [0.3, 0.4) is 0 Å². The van der Waals surface area contributed by atoms with Crippen molar-refractivity contribution in [3.05, 3.63) is 66.0 Å². The third-order valence-corrected chi connectivity index (χ3v) is 10.7. The number of aromatic nitrogens is 1. The lowest BCUT2D eigenvalue weighted by atomic mass is 9.99. The van der Waals surface area contributed by atoms with Gasteiger partial charge < -0.3 is 35.4 Å². The van der Waals surface area contributed by atoms with Crippen LogP contribution in [-0.4, -0.2) is 124 Å². The van der Waals surface area contributed by atoms with Gasteiger partial charge in [0.15, 0.2) is 0 Å². The number of carbonyl (C=O) groups excluding carboxylic acids is 7. The summed E-state index contributed by atoms with van der Waals surface area (Å²) in [6, 6.07) is 6.36. The molecule has 288 valence electrons. The number of hydrogen-bond donors (Lipinski definition) is 3. The molecule has 15 nitrogen and oxygen atoms in total. The first-order valence-electron chi connectivity index (χ1n) is 18.9. The molecular formula is C39H49N7O8. The van der Waals surface area contributed by atoms with Gasteiger partial charge in [0.25, 0.3) is 0 Å². The molecule has 0 unspecified atom stereocenters. The molecule has 1 aromatic heterocycles. The average molecular weight is 744 g/mol. The Balaban J connectivity index is 1.30. The van der Waals surface area contributed by atoms with Crippen molar-refractivity contribution in [2.45, 2.75) is 101 Å². The van der Waals surface area contributed by atoms with Crippen molar-refractivity contribution < 1.29 is 38.3 Å². The molecule has 0 bridgehead atoms. The van der Waals surface area contributed by atoms with Gasteiger partial charge in [0.05, 0.1) is 6.42 Å². The molecule has 4 fully saturated rings. The van der Waals surface area contributed by atoms with Crippen molar-refractivity contribution in [1.82, 2.24) is 35.6 Å². The van der Waals surface area contributed by atoms with Crippen LogP contribution in [0.4, 0.5) is 0 Å². The van der Waals surface area contributed by atoms with E-state index in [1.165, 1.54) is 14.7 Å². The Hall–Kier alpha value is -5.34. The minimum Gasteiger partial charge on any atom is -0.461 e. The van der Waals surface area contributed by atoms with E-state index in [-0.39, 0.29) is 37.8 Å². The number of fused-ring (bicyclic) bond motifs is 3. The van der Waals surface area contributed by atoms with Crippen LogP contribution in [0.15, 0.2) is 54.9 Å². The highest BCUT2D eigenvalue weighted by Gasteiger charge is 2.46. The summed E-state index contributed by atoms with van der Waals surface area (Å²) in [5.74, 6) is -3.83. The molecule has 7 atom stereocenters. The lowest BCUT2D eigenvalue weighted by molar-refractivity contribution is -0.158. The number of nitrogens with zero attached hydrogens (tertiary/aromatic N) is 4. The Morgan fingerprint density at radius 2 is 1.57 bits per heavy atom. The number of carbonyl (C=O) groups is 7. The number of nitrogens with one attached hydrogen (secondary N) is 3. The smallest absolute Gasteiger partial charge is 0.328 e. The zero-order valence-corrected chi connectivity index (χ0v) is 30.8. The van der Waals surface area contributed by atoms with Gasteiger partial charge in [0.1, 0.15) is 42.9 Å². The number of cyclic esters (lactones) is 1. The molecule has 1 aromatic carbocycles. The van der Waals surface area contributed by atoms with Crippen LogP contribution in [0.25, 0.3) is 0 Å². The summed E-state index contributed by atoms with van der Waals surface area (Å²) >= 11 is 0. The predicted molar refractivity (Wildman–Crippen MR) is 194 cm³/mol. The highest BCUT2D eigenvalue weighted by molar-refractivity contribution is 5.98. The summed E-state index contributed by atoms with van der Waals surface area (Å²) in [7, 11) is 0. The Bertz CT molecular complexity index is 1730. The summed E-state index contributed by atoms with van der Waals surface area (Å²) in [6.45, 7) is 3.71. The van der Waals surface area contributed by atoms with Crippen LogP contribution >= 0.6 is 0 Å². The van der Waals surface area contributed by atoms with Gasteiger partial charge in [-0.05, 0) is 68.6 Å². The number of ether oxygens (including phenoxy) is 1. The Morgan fingerprint density at radius 3 is 2.33 bits per heavy atom. The normalized spacial score (nSPS) is 27.3. The monoisotopic (exact) mass is 743 g/mol. The third kappa shape index (κ3) is 8.88. The molecule has 3 N–H and O–H groups in total. The number of benzene rings is 1. The Morgan fingerprint density at radius 1 is 0.852 bits per heavy atom. The molecule has 0 aliphatic carbocycles. The molecule has 2 aromatic rings. The molecule has 4 aliphatic heterocycles. The van der Waals surface area contributed by atoms with Crippen LogP contribution < -0.4 is 16.0 Å². The average Bonchev–Trinajstić information content (AvgIpc) is 3.83. The highest BCUT2D eigenvalue weighted by atomic mass is 16.5. The third-order valence-electron chi connectivity index (χ3n) is 10.7. The van der Waals surface area contributed by atoms with Gasteiger partial charge in [-0.25, -0.2) is 4.79 Å². The van der Waals surface area contributed by atoms with E-state index in [1.807, 2.05) is 37.3 Å². The first-order chi connectivity index (χ1) is 26.0. The molecule has 0 spiro atoms. The maximum absolute atomic E-state index is 14.5. The van der Waals surface area contributed by atoms with Crippen LogP contribution in [0.5, 0.6) is 0 Å². The van der Waals surface area contributed by atoms with Crippen LogP contribution in [0.2, 0.25) is 0 Å².